The maximum absolute atomic E-state index is 11.0. The number of hydrogen-bond acceptors (Lipinski definition) is 2. The molecule has 0 N–H and O–H groups in total. The molecule has 0 aromatic heterocycles. The second-order valence-electron chi connectivity index (χ2n) is 2.55. The van der Waals surface area contributed by atoms with Crippen LogP contribution in [-0.2, 0) is 9.53 Å². The van der Waals surface area contributed by atoms with Gasteiger partial charge in [0.15, 0.2) is 0 Å². The molecule has 0 aromatic carbocycles. The fraction of sp³-hybridized carbons (Fsp3) is 0.857. The SMILES string of the molecule is O=C(OCBr)C1CCCC1. The first-order chi connectivity index (χ1) is 4.84. The Kier molecular flexibility index (Phi) is 3.19. The Morgan fingerprint density at radius 1 is 1.50 bits per heavy atom. The fourth-order valence-electron chi connectivity index (χ4n) is 1.33. The van der Waals surface area contributed by atoms with Crippen LogP contribution in [0.2, 0.25) is 0 Å². The van der Waals surface area contributed by atoms with E-state index in [2.05, 4.69) is 15.9 Å². The minimum atomic E-state index is -0.0330. The van der Waals surface area contributed by atoms with Gasteiger partial charge in [-0.2, -0.15) is 0 Å². The van der Waals surface area contributed by atoms with Crippen molar-refractivity contribution in [1.29, 1.82) is 0 Å². The average Bonchev–Trinajstić information content (AvgIpc) is 2.38. The highest BCUT2D eigenvalue weighted by Crippen LogP contribution is 2.25. The van der Waals surface area contributed by atoms with E-state index in [0.29, 0.717) is 5.52 Å². The van der Waals surface area contributed by atoms with Crippen LogP contribution in [0.15, 0.2) is 0 Å². The molecule has 0 amide bonds. The number of ether oxygens (including phenoxy) is 1. The monoisotopic (exact) mass is 206 g/mol. The van der Waals surface area contributed by atoms with Gasteiger partial charge in [0, 0.05) is 0 Å². The van der Waals surface area contributed by atoms with Gasteiger partial charge in [0.05, 0.1) is 5.92 Å². The Bertz CT molecular complexity index is 119. The van der Waals surface area contributed by atoms with Gasteiger partial charge in [-0.25, -0.2) is 0 Å². The largest absolute Gasteiger partial charge is 0.454 e. The summed E-state index contributed by atoms with van der Waals surface area (Å²) < 4.78 is 4.80. The third-order valence-electron chi connectivity index (χ3n) is 1.89. The Morgan fingerprint density at radius 3 is 2.60 bits per heavy atom. The molecule has 0 atom stereocenters. The van der Waals surface area contributed by atoms with Crippen LogP contribution in [-0.4, -0.2) is 11.5 Å². The summed E-state index contributed by atoms with van der Waals surface area (Å²) in [5, 5.41) is 0. The lowest BCUT2D eigenvalue weighted by molar-refractivity contribution is -0.145. The molecule has 1 fully saturated rings. The molecule has 1 aliphatic carbocycles. The zero-order valence-corrected chi connectivity index (χ0v) is 7.39. The van der Waals surface area contributed by atoms with Crippen molar-refractivity contribution in [3.05, 3.63) is 0 Å². The molecule has 0 spiro atoms. The molecule has 0 aromatic rings. The number of esters is 1. The smallest absolute Gasteiger partial charge is 0.309 e. The van der Waals surface area contributed by atoms with E-state index >= 15 is 0 Å². The van der Waals surface area contributed by atoms with Gasteiger partial charge in [0.1, 0.15) is 5.52 Å². The van der Waals surface area contributed by atoms with Crippen LogP contribution in [0, 0.1) is 5.92 Å². The van der Waals surface area contributed by atoms with Crippen LogP contribution in [0.1, 0.15) is 25.7 Å². The molecule has 0 unspecified atom stereocenters. The summed E-state index contributed by atoms with van der Waals surface area (Å²) >= 11 is 3.05. The van der Waals surface area contributed by atoms with Crippen molar-refractivity contribution in [2.75, 3.05) is 5.52 Å². The molecular formula is C7H11BrO2. The number of carbonyl (C=O) groups is 1. The number of carbonyl (C=O) groups excluding carboxylic acids is 1. The number of alkyl halides is 1. The highest BCUT2D eigenvalue weighted by Gasteiger charge is 2.23. The highest BCUT2D eigenvalue weighted by atomic mass is 79.9. The molecule has 1 rings (SSSR count). The first kappa shape index (κ1) is 8.05. The van der Waals surface area contributed by atoms with Gasteiger partial charge >= 0.3 is 5.97 Å². The zero-order valence-electron chi connectivity index (χ0n) is 5.81. The van der Waals surface area contributed by atoms with E-state index in [1.54, 1.807) is 0 Å². The lowest BCUT2D eigenvalue weighted by Crippen LogP contribution is -2.13. The van der Waals surface area contributed by atoms with E-state index in [1.165, 1.54) is 12.8 Å². The van der Waals surface area contributed by atoms with Crippen molar-refractivity contribution in [3.63, 3.8) is 0 Å². The summed E-state index contributed by atoms with van der Waals surface area (Å²) in [6.07, 6.45) is 4.40. The van der Waals surface area contributed by atoms with E-state index < -0.39 is 0 Å². The molecule has 0 bridgehead atoms. The molecule has 1 saturated carbocycles. The van der Waals surface area contributed by atoms with E-state index in [9.17, 15) is 4.79 Å². The van der Waals surface area contributed by atoms with Crippen LogP contribution in [0.25, 0.3) is 0 Å². The molecule has 1 aliphatic rings. The van der Waals surface area contributed by atoms with Gasteiger partial charge in [-0.1, -0.05) is 12.8 Å². The van der Waals surface area contributed by atoms with Crippen molar-refractivity contribution in [3.8, 4) is 0 Å². The maximum Gasteiger partial charge on any atom is 0.309 e. The van der Waals surface area contributed by atoms with Crippen molar-refractivity contribution in [2.24, 2.45) is 5.92 Å². The van der Waals surface area contributed by atoms with Crippen LogP contribution < -0.4 is 0 Å². The Morgan fingerprint density at radius 2 is 2.10 bits per heavy atom. The van der Waals surface area contributed by atoms with E-state index in [4.69, 9.17) is 4.74 Å². The normalized spacial score (nSPS) is 19.3. The molecule has 58 valence electrons. The standard InChI is InChI=1S/C7H11BrO2/c8-5-10-7(9)6-3-1-2-4-6/h6H,1-5H2. The summed E-state index contributed by atoms with van der Waals surface area (Å²) in [6.45, 7) is 0. The minimum Gasteiger partial charge on any atom is -0.454 e. The number of rotatable bonds is 2. The summed E-state index contributed by atoms with van der Waals surface area (Å²) in [6, 6.07) is 0. The van der Waals surface area contributed by atoms with Crippen molar-refractivity contribution < 1.29 is 9.53 Å². The first-order valence-corrected chi connectivity index (χ1v) is 4.69. The summed E-state index contributed by atoms with van der Waals surface area (Å²) in [5.41, 5.74) is 0.336. The molecule has 2 nitrogen and oxygen atoms in total. The number of hydrogen-bond donors (Lipinski definition) is 0. The quantitative estimate of drug-likeness (QED) is 0.511. The molecule has 3 heteroatoms. The lowest BCUT2D eigenvalue weighted by Gasteiger charge is -2.05. The summed E-state index contributed by atoms with van der Waals surface area (Å²) in [4.78, 5) is 11.0. The topological polar surface area (TPSA) is 26.3 Å². The predicted octanol–water partition coefficient (Wildman–Crippen LogP) is 2.07. The van der Waals surface area contributed by atoms with Crippen LogP contribution in [0.5, 0.6) is 0 Å². The molecule has 0 saturated heterocycles. The van der Waals surface area contributed by atoms with Gasteiger partial charge in [-0.05, 0) is 28.8 Å². The number of halogens is 1. The van der Waals surface area contributed by atoms with Crippen LogP contribution >= 0.6 is 15.9 Å². The van der Waals surface area contributed by atoms with Crippen LogP contribution in [0.3, 0.4) is 0 Å². The van der Waals surface area contributed by atoms with E-state index in [1.807, 2.05) is 0 Å². The molecule has 0 radical (unpaired) electrons. The Balaban J connectivity index is 2.25. The molecule has 0 heterocycles. The molecule has 10 heavy (non-hydrogen) atoms. The van der Waals surface area contributed by atoms with Gasteiger partial charge in [-0.15, -0.1) is 0 Å². The molecule has 0 aliphatic heterocycles. The maximum atomic E-state index is 11.0. The van der Waals surface area contributed by atoms with Gasteiger partial charge in [0.25, 0.3) is 0 Å². The Labute approximate surface area is 69.1 Å². The third kappa shape index (κ3) is 1.97. The van der Waals surface area contributed by atoms with Gasteiger partial charge < -0.3 is 4.74 Å². The van der Waals surface area contributed by atoms with Crippen molar-refractivity contribution in [2.45, 2.75) is 25.7 Å². The van der Waals surface area contributed by atoms with Crippen molar-refractivity contribution >= 4 is 21.9 Å². The molecular weight excluding hydrogens is 196 g/mol. The second-order valence-corrected chi connectivity index (χ2v) is 3.01. The Hall–Kier alpha value is -0.0500. The second kappa shape index (κ2) is 3.96. The first-order valence-electron chi connectivity index (χ1n) is 3.57. The van der Waals surface area contributed by atoms with E-state index in [0.717, 1.165) is 12.8 Å². The fourth-order valence-corrected chi connectivity index (χ4v) is 1.56. The van der Waals surface area contributed by atoms with Gasteiger partial charge in [0.2, 0.25) is 0 Å². The summed E-state index contributed by atoms with van der Waals surface area (Å²) in [7, 11) is 0. The van der Waals surface area contributed by atoms with Gasteiger partial charge in [-0.3, -0.25) is 4.79 Å². The predicted molar refractivity (Wildman–Crippen MR) is 41.8 cm³/mol. The van der Waals surface area contributed by atoms with Crippen molar-refractivity contribution in [1.82, 2.24) is 0 Å². The zero-order chi connectivity index (χ0) is 7.40. The average molecular weight is 207 g/mol. The highest BCUT2D eigenvalue weighted by molar-refractivity contribution is 9.09. The lowest BCUT2D eigenvalue weighted by atomic mass is 10.1. The van der Waals surface area contributed by atoms with E-state index in [-0.39, 0.29) is 11.9 Å². The third-order valence-corrected chi connectivity index (χ3v) is 2.11. The summed E-state index contributed by atoms with van der Waals surface area (Å²) in [5.74, 6) is 0.159. The van der Waals surface area contributed by atoms with Crippen LogP contribution in [0.4, 0.5) is 0 Å². The minimum absolute atomic E-state index is 0.0330.